The molecular weight excluding hydrogens is 437 g/mol. The van der Waals surface area contributed by atoms with E-state index in [4.69, 9.17) is 0 Å². The summed E-state index contributed by atoms with van der Waals surface area (Å²) in [7, 11) is 0. The third-order valence-electron chi connectivity index (χ3n) is 7.15. The lowest BCUT2D eigenvalue weighted by Crippen LogP contribution is -2.49. The predicted molar refractivity (Wildman–Crippen MR) is 124 cm³/mol. The minimum atomic E-state index is -1.33. The molecule has 1 aromatic heterocycles. The molecule has 0 spiro atoms. The minimum Gasteiger partial charge on any atom is -0.353 e. The number of hydrogen-bond donors (Lipinski definition) is 2. The van der Waals surface area contributed by atoms with Crippen LogP contribution in [0.4, 0.5) is 15.0 Å². The third kappa shape index (κ3) is 3.78. The van der Waals surface area contributed by atoms with Crippen LogP contribution in [0.2, 0.25) is 0 Å². The van der Waals surface area contributed by atoms with Crippen molar-refractivity contribution in [3.8, 4) is 0 Å². The predicted octanol–water partition coefficient (Wildman–Crippen LogP) is 2.81. The normalized spacial score (nSPS) is 22.6. The largest absolute Gasteiger partial charge is 0.353 e. The second-order valence-electron chi connectivity index (χ2n) is 9.32. The highest BCUT2D eigenvalue weighted by molar-refractivity contribution is 6.07. The van der Waals surface area contributed by atoms with Crippen LogP contribution in [0.5, 0.6) is 0 Å². The van der Waals surface area contributed by atoms with Gasteiger partial charge in [0.15, 0.2) is 0 Å². The van der Waals surface area contributed by atoms with Crippen molar-refractivity contribution in [1.82, 2.24) is 20.5 Å². The monoisotopic (exact) mass is 465 g/mol. The van der Waals surface area contributed by atoms with Crippen LogP contribution in [0.3, 0.4) is 0 Å². The number of imide groups is 1. The van der Waals surface area contributed by atoms with E-state index in [1.807, 2.05) is 6.20 Å². The Morgan fingerprint density at radius 1 is 1.18 bits per heavy atom. The molecule has 0 radical (unpaired) electrons. The summed E-state index contributed by atoms with van der Waals surface area (Å²) in [6.07, 6.45) is 4.69. The highest BCUT2D eigenvalue weighted by Crippen LogP contribution is 2.40. The minimum absolute atomic E-state index is 0.0451. The number of rotatable bonds is 5. The van der Waals surface area contributed by atoms with Crippen LogP contribution in [0.15, 0.2) is 30.5 Å². The van der Waals surface area contributed by atoms with E-state index in [0.717, 1.165) is 11.4 Å². The third-order valence-corrected chi connectivity index (χ3v) is 7.15. The van der Waals surface area contributed by atoms with E-state index in [1.165, 1.54) is 36.6 Å². The van der Waals surface area contributed by atoms with Crippen molar-refractivity contribution in [3.05, 3.63) is 58.5 Å². The molecule has 4 amide bonds. The molecule has 2 saturated heterocycles. The highest BCUT2D eigenvalue weighted by atomic mass is 19.1. The highest BCUT2D eigenvalue weighted by Gasteiger charge is 2.46. The molecular formula is C25H28FN5O3. The Labute approximate surface area is 197 Å². The number of anilines is 1. The van der Waals surface area contributed by atoms with E-state index < -0.39 is 23.3 Å². The Bertz CT molecular complexity index is 1170. The Balaban J connectivity index is 1.28. The van der Waals surface area contributed by atoms with Crippen LogP contribution in [0, 0.1) is 12.7 Å². The van der Waals surface area contributed by atoms with Crippen molar-refractivity contribution in [1.29, 1.82) is 0 Å². The summed E-state index contributed by atoms with van der Waals surface area (Å²) < 4.78 is 15.0. The maximum Gasteiger partial charge on any atom is 0.322 e. The van der Waals surface area contributed by atoms with E-state index in [9.17, 15) is 14.4 Å². The lowest BCUT2D eigenvalue weighted by Gasteiger charge is -2.36. The fourth-order valence-electron chi connectivity index (χ4n) is 4.95. The first-order chi connectivity index (χ1) is 16.3. The van der Waals surface area contributed by atoms with Crippen LogP contribution in [0.25, 0.3) is 0 Å². The standard InChI is InChI=1S/C25H28FN5O3/c1-3-25(23(33)28-24(34)29-25)18-6-7-19(20(26)13-18)22(32)31-10-8-30(9-11-31)21-15(2)12-17(14-27-21)16-4-5-16/h6-7,12-14,16H,3-5,8-11H2,1-2H3,(H2,28,29,33,34). The number of aryl methyl sites for hydroxylation is 1. The van der Waals surface area contributed by atoms with Gasteiger partial charge in [-0.3, -0.25) is 14.9 Å². The number of urea groups is 1. The number of pyridine rings is 1. The molecule has 5 rings (SSSR count). The number of nitrogens with zero attached hydrogens (tertiary/aromatic N) is 3. The number of carbonyl (C=O) groups is 3. The zero-order valence-electron chi connectivity index (χ0n) is 19.4. The summed E-state index contributed by atoms with van der Waals surface area (Å²) in [5.74, 6) is -0.0252. The van der Waals surface area contributed by atoms with Crippen LogP contribution in [-0.2, 0) is 10.3 Å². The summed E-state index contributed by atoms with van der Waals surface area (Å²) in [5.41, 5.74) is 1.38. The number of benzene rings is 1. The molecule has 2 aromatic rings. The summed E-state index contributed by atoms with van der Waals surface area (Å²) in [6.45, 7) is 5.96. The summed E-state index contributed by atoms with van der Waals surface area (Å²) in [6, 6.07) is 5.71. The Hall–Kier alpha value is -3.49. The van der Waals surface area contributed by atoms with Gasteiger partial charge in [0.25, 0.3) is 11.8 Å². The van der Waals surface area contributed by atoms with E-state index in [1.54, 1.807) is 11.8 Å². The molecule has 3 heterocycles. The molecule has 1 atom stereocenters. The van der Waals surface area contributed by atoms with Crippen molar-refractivity contribution >= 4 is 23.7 Å². The summed E-state index contributed by atoms with van der Waals surface area (Å²) >= 11 is 0. The quantitative estimate of drug-likeness (QED) is 0.663. The zero-order valence-corrected chi connectivity index (χ0v) is 19.4. The molecule has 34 heavy (non-hydrogen) atoms. The van der Waals surface area contributed by atoms with Crippen LogP contribution < -0.4 is 15.5 Å². The molecule has 1 aliphatic carbocycles. The van der Waals surface area contributed by atoms with Crippen molar-refractivity contribution in [2.24, 2.45) is 0 Å². The number of halogens is 1. The molecule has 3 aliphatic rings. The number of piperazine rings is 1. The van der Waals surface area contributed by atoms with E-state index >= 15 is 4.39 Å². The van der Waals surface area contributed by atoms with Crippen LogP contribution in [0.1, 0.15) is 59.2 Å². The number of carbonyl (C=O) groups excluding carboxylic acids is 3. The molecule has 1 aromatic carbocycles. The van der Waals surface area contributed by atoms with Crippen molar-refractivity contribution in [3.63, 3.8) is 0 Å². The van der Waals surface area contributed by atoms with Gasteiger partial charge in [-0.2, -0.15) is 0 Å². The smallest absolute Gasteiger partial charge is 0.322 e. The molecule has 0 bridgehead atoms. The van der Waals surface area contributed by atoms with Crippen molar-refractivity contribution in [2.45, 2.75) is 44.6 Å². The average Bonchev–Trinajstić information content (AvgIpc) is 3.63. The first-order valence-electron chi connectivity index (χ1n) is 11.8. The van der Waals surface area contributed by atoms with Gasteiger partial charge < -0.3 is 15.1 Å². The molecule has 1 unspecified atom stereocenters. The first kappa shape index (κ1) is 22.3. The molecule has 178 valence electrons. The fraction of sp³-hybridized carbons (Fsp3) is 0.440. The fourth-order valence-corrected chi connectivity index (χ4v) is 4.95. The zero-order chi connectivity index (χ0) is 24.0. The Morgan fingerprint density at radius 2 is 1.91 bits per heavy atom. The molecule has 2 aliphatic heterocycles. The van der Waals surface area contributed by atoms with Gasteiger partial charge in [-0.1, -0.05) is 19.1 Å². The van der Waals surface area contributed by atoms with Gasteiger partial charge in [0, 0.05) is 32.4 Å². The average molecular weight is 466 g/mol. The maximum absolute atomic E-state index is 15.0. The van der Waals surface area contributed by atoms with Gasteiger partial charge in [-0.05, 0) is 60.9 Å². The van der Waals surface area contributed by atoms with Gasteiger partial charge in [0.05, 0.1) is 5.56 Å². The molecule has 9 heteroatoms. The molecule has 8 nitrogen and oxygen atoms in total. The molecule has 1 saturated carbocycles. The summed E-state index contributed by atoms with van der Waals surface area (Å²) in [4.78, 5) is 45.5. The van der Waals surface area contributed by atoms with Gasteiger partial charge in [0.2, 0.25) is 0 Å². The lowest BCUT2D eigenvalue weighted by atomic mass is 9.86. The van der Waals surface area contributed by atoms with Gasteiger partial charge in [0.1, 0.15) is 17.2 Å². The number of amides is 4. The lowest BCUT2D eigenvalue weighted by molar-refractivity contribution is -0.124. The van der Waals surface area contributed by atoms with E-state index in [-0.39, 0.29) is 17.9 Å². The number of hydrogen-bond acceptors (Lipinski definition) is 5. The SMILES string of the molecule is CCC1(c2ccc(C(=O)N3CCN(c4ncc(C5CC5)cc4C)CC3)c(F)c2)NC(=O)NC1=O. The topological polar surface area (TPSA) is 94.6 Å². The van der Waals surface area contributed by atoms with Crippen molar-refractivity contribution in [2.75, 3.05) is 31.1 Å². The second-order valence-corrected chi connectivity index (χ2v) is 9.32. The maximum atomic E-state index is 15.0. The van der Waals surface area contributed by atoms with Crippen LogP contribution in [-0.4, -0.2) is 53.9 Å². The second kappa shape index (κ2) is 8.38. The van der Waals surface area contributed by atoms with Crippen LogP contribution >= 0.6 is 0 Å². The summed E-state index contributed by atoms with van der Waals surface area (Å²) in [5, 5.41) is 4.79. The van der Waals surface area contributed by atoms with Gasteiger partial charge >= 0.3 is 6.03 Å². The molecule has 3 fully saturated rings. The number of aromatic nitrogens is 1. The van der Waals surface area contributed by atoms with E-state index in [0.29, 0.717) is 37.7 Å². The first-order valence-corrected chi connectivity index (χ1v) is 11.8. The molecule has 2 N–H and O–H groups in total. The van der Waals surface area contributed by atoms with Crippen molar-refractivity contribution < 1.29 is 18.8 Å². The van der Waals surface area contributed by atoms with E-state index in [2.05, 4.69) is 33.5 Å². The number of nitrogens with one attached hydrogen (secondary N) is 2. The van der Waals surface area contributed by atoms with Gasteiger partial charge in [-0.15, -0.1) is 0 Å². The Morgan fingerprint density at radius 3 is 2.47 bits per heavy atom. The Kier molecular flexibility index (Phi) is 5.50. The van der Waals surface area contributed by atoms with Gasteiger partial charge in [-0.25, -0.2) is 14.2 Å².